The number of amides is 2. The van der Waals surface area contributed by atoms with Gasteiger partial charge in [-0.3, -0.25) is 9.59 Å². The summed E-state index contributed by atoms with van der Waals surface area (Å²) in [5.41, 5.74) is 4.70. The van der Waals surface area contributed by atoms with Gasteiger partial charge < -0.3 is 26.6 Å². The van der Waals surface area contributed by atoms with Crippen LogP contribution >= 0.6 is 11.3 Å². The van der Waals surface area contributed by atoms with Crippen molar-refractivity contribution in [3.63, 3.8) is 0 Å². The van der Waals surface area contributed by atoms with Crippen molar-refractivity contribution in [1.29, 1.82) is 5.26 Å². The third-order valence-electron chi connectivity index (χ3n) is 7.03. The molecule has 4 aromatic rings. The number of hydrogen-bond acceptors (Lipinski definition) is 9. The third kappa shape index (κ3) is 4.64. The van der Waals surface area contributed by atoms with Crippen LogP contribution in [-0.2, 0) is 15.8 Å². The van der Waals surface area contributed by atoms with Crippen LogP contribution in [0.5, 0.6) is 5.75 Å². The summed E-state index contributed by atoms with van der Waals surface area (Å²) >= 11 is 0.878. The molecule has 42 heavy (non-hydrogen) atoms. The second kappa shape index (κ2) is 9.93. The first-order chi connectivity index (χ1) is 19.7. The Morgan fingerprint density at radius 1 is 1.21 bits per heavy atom. The largest absolute Gasteiger partial charge is 0.489 e. The Hall–Kier alpha value is -4.81. The summed E-state index contributed by atoms with van der Waals surface area (Å²) in [6, 6.07) is 10.4. The van der Waals surface area contributed by atoms with Crippen molar-refractivity contribution in [1.82, 2.24) is 15.3 Å². The number of ether oxygens (including phenoxy) is 1. The number of carbonyl (C=O) groups is 2. The summed E-state index contributed by atoms with van der Waals surface area (Å²) in [5.74, 6) is -2.95. The summed E-state index contributed by atoms with van der Waals surface area (Å²) in [4.78, 5) is 33.1. The zero-order chi connectivity index (χ0) is 30.6. The van der Waals surface area contributed by atoms with Crippen LogP contribution in [0.15, 0.2) is 42.5 Å². The van der Waals surface area contributed by atoms with Gasteiger partial charge in [-0.25, -0.2) is 14.4 Å². The number of nitrogens with zero attached hydrogens (tertiary/aromatic N) is 3. The number of aromatic nitrogens is 2. The molecule has 2 aromatic heterocycles. The molecule has 216 valence electrons. The summed E-state index contributed by atoms with van der Waals surface area (Å²) in [5, 5.41) is 22.3. The fraction of sp³-hybridized carbons (Fsp3) is 0.222. The number of benzene rings is 2. The van der Waals surface area contributed by atoms with Gasteiger partial charge in [-0.1, -0.05) is 23.5 Å². The van der Waals surface area contributed by atoms with Crippen molar-refractivity contribution in [3.05, 3.63) is 70.7 Å². The van der Waals surface area contributed by atoms with E-state index in [0.29, 0.717) is 0 Å². The topological polar surface area (TPSA) is 177 Å². The van der Waals surface area contributed by atoms with Crippen molar-refractivity contribution in [2.24, 2.45) is 5.73 Å². The lowest BCUT2D eigenvalue weighted by atomic mass is 9.81. The number of nitrogen functional groups attached to an aromatic ring is 1. The first-order valence-electron chi connectivity index (χ1n) is 12.1. The first kappa shape index (κ1) is 28.7. The summed E-state index contributed by atoms with van der Waals surface area (Å²) in [6.07, 6.45) is -5.40. The minimum atomic E-state index is -5.40. The fourth-order valence-corrected chi connectivity index (χ4v) is 5.27. The zero-order valence-corrected chi connectivity index (χ0v) is 22.4. The van der Waals surface area contributed by atoms with Gasteiger partial charge in [-0.05, 0) is 37.3 Å². The van der Waals surface area contributed by atoms with Crippen molar-refractivity contribution >= 4 is 38.5 Å². The molecule has 0 aliphatic carbocycles. The minimum absolute atomic E-state index is 0.0223. The molecule has 0 fully saturated rings. The van der Waals surface area contributed by atoms with Gasteiger partial charge in [0.2, 0.25) is 11.5 Å². The van der Waals surface area contributed by atoms with Gasteiger partial charge in [0.1, 0.15) is 29.0 Å². The number of alkyl halides is 3. The Kier molecular flexibility index (Phi) is 6.79. The van der Waals surface area contributed by atoms with E-state index < -0.39 is 47.1 Å². The highest BCUT2D eigenvalue weighted by Gasteiger charge is 2.57. The lowest BCUT2D eigenvalue weighted by Crippen LogP contribution is -2.51. The van der Waals surface area contributed by atoms with Gasteiger partial charge in [0.25, 0.3) is 5.91 Å². The molecular formula is C27H20F4N6O4S. The summed E-state index contributed by atoms with van der Waals surface area (Å²) in [6.45, 7) is -0.352. The Bertz CT molecular complexity index is 1800. The SMILES string of the molecule is C[C@]1(C(N)=O)COc2c1cc(C(O)(CNC(=O)c1cc(F)c3nc(N)sc3c1)C(F)(F)F)nc2-c1ccc(C#N)cc1. The number of nitrogens with two attached hydrogens (primary N) is 2. The molecule has 0 spiro atoms. The predicted molar refractivity (Wildman–Crippen MR) is 143 cm³/mol. The highest BCUT2D eigenvalue weighted by Crippen LogP contribution is 2.47. The second-order valence-electron chi connectivity index (χ2n) is 9.80. The smallest absolute Gasteiger partial charge is 0.424 e. The molecule has 6 N–H and O–H groups in total. The van der Waals surface area contributed by atoms with Crippen LogP contribution in [0.1, 0.15) is 34.1 Å². The number of thiazole rings is 1. The number of halogens is 4. The maximum absolute atomic E-state index is 14.6. The van der Waals surface area contributed by atoms with E-state index in [2.05, 4.69) is 9.97 Å². The highest BCUT2D eigenvalue weighted by molar-refractivity contribution is 7.22. The quantitative estimate of drug-likeness (QED) is 0.244. The number of nitriles is 1. The van der Waals surface area contributed by atoms with Gasteiger partial charge >= 0.3 is 6.18 Å². The van der Waals surface area contributed by atoms with Crippen LogP contribution in [0.2, 0.25) is 0 Å². The van der Waals surface area contributed by atoms with E-state index in [1.165, 1.54) is 37.3 Å². The number of aliphatic hydroxyl groups is 1. The predicted octanol–water partition coefficient (Wildman–Crippen LogP) is 3.27. The Morgan fingerprint density at radius 2 is 1.90 bits per heavy atom. The van der Waals surface area contributed by atoms with Gasteiger partial charge in [-0.2, -0.15) is 18.4 Å². The Balaban J connectivity index is 1.59. The third-order valence-corrected chi connectivity index (χ3v) is 7.86. The molecule has 0 bridgehead atoms. The molecule has 2 atom stereocenters. The lowest BCUT2D eigenvalue weighted by molar-refractivity contribution is -0.265. The lowest BCUT2D eigenvalue weighted by Gasteiger charge is -2.31. The molecule has 2 aromatic carbocycles. The molecule has 0 radical (unpaired) electrons. The molecule has 5 rings (SSSR count). The van der Waals surface area contributed by atoms with Crippen molar-refractivity contribution in [2.45, 2.75) is 24.1 Å². The van der Waals surface area contributed by atoms with E-state index >= 15 is 0 Å². The number of carbonyl (C=O) groups excluding carboxylic acids is 2. The fourth-order valence-electron chi connectivity index (χ4n) is 4.48. The maximum atomic E-state index is 14.6. The van der Waals surface area contributed by atoms with Crippen LogP contribution in [0, 0.1) is 17.1 Å². The van der Waals surface area contributed by atoms with Gasteiger partial charge in [0.15, 0.2) is 10.9 Å². The first-order valence-corrected chi connectivity index (χ1v) is 12.9. The van der Waals surface area contributed by atoms with Crippen molar-refractivity contribution in [3.8, 4) is 23.1 Å². The van der Waals surface area contributed by atoms with Crippen LogP contribution in [0.3, 0.4) is 0 Å². The van der Waals surface area contributed by atoms with E-state index in [0.717, 1.165) is 23.5 Å². The van der Waals surface area contributed by atoms with E-state index in [-0.39, 0.29) is 55.7 Å². The number of nitrogens with one attached hydrogen (secondary N) is 1. The Labute approximate surface area is 238 Å². The number of fused-ring (bicyclic) bond motifs is 2. The number of hydrogen-bond donors (Lipinski definition) is 4. The zero-order valence-electron chi connectivity index (χ0n) is 21.5. The number of rotatable bonds is 6. The number of anilines is 1. The molecule has 1 aliphatic rings. The molecule has 10 nitrogen and oxygen atoms in total. The van der Waals surface area contributed by atoms with E-state index in [9.17, 15) is 32.3 Å². The normalized spacial score (nSPS) is 17.6. The Morgan fingerprint density at radius 3 is 2.52 bits per heavy atom. The van der Waals surface area contributed by atoms with Crippen molar-refractivity contribution < 1.29 is 37.0 Å². The molecule has 0 saturated heterocycles. The van der Waals surface area contributed by atoms with Crippen molar-refractivity contribution in [2.75, 3.05) is 18.9 Å². The second-order valence-corrected chi connectivity index (χ2v) is 10.9. The van der Waals surface area contributed by atoms with Gasteiger partial charge in [-0.15, -0.1) is 0 Å². The highest BCUT2D eigenvalue weighted by atomic mass is 32.1. The summed E-state index contributed by atoms with van der Waals surface area (Å²) in [7, 11) is 0. The molecule has 3 heterocycles. The van der Waals surface area contributed by atoms with E-state index in [4.69, 9.17) is 21.5 Å². The van der Waals surface area contributed by atoms with E-state index in [1.807, 2.05) is 11.4 Å². The molecule has 1 unspecified atom stereocenters. The molecule has 2 amide bonds. The molecular weight excluding hydrogens is 580 g/mol. The molecule has 1 aliphatic heterocycles. The standard InChI is InChI=1S/C27H20F4N6O4S/c1-25(23(33)39)11-41-21-15(25)8-18(36-19(21)13-4-2-12(9-32)3-5-13)26(40,27(29,30)31)10-35-22(38)14-6-16(28)20-17(7-14)42-24(34)37-20/h2-8,40H,10-11H2,1H3,(H2,33,39)(H2,34,37)(H,35,38)/t25-,26?/m0/s1. The van der Waals surface area contributed by atoms with E-state index in [1.54, 1.807) is 0 Å². The van der Waals surface area contributed by atoms with Crippen LogP contribution in [0.25, 0.3) is 21.5 Å². The average molecular weight is 601 g/mol. The van der Waals surface area contributed by atoms with Gasteiger partial charge in [0, 0.05) is 16.7 Å². The average Bonchev–Trinajstić information content (AvgIpc) is 3.50. The van der Waals surface area contributed by atoms with Crippen LogP contribution < -0.4 is 21.5 Å². The molecule has 15 heteroatoms. The maximum Gasteiger partial charge on any atom is 0.424 e. The molecule has 0 saturated carbocycles. The minimum Gasteiger partial charge on any atom is -0.489 e. The monoisotopic (exact) mass is 600 g/mol. The van der Waals surface area contributed by atoms with Crippen LogP contribution in [-0.4, -0.2) is 46.2 Å². The van der Waals surface area contributed by atoms with Gasteiger partial charge in [0.05, 0.1) is 28.6 Å². The summed E-state index contributed by atoms with van der Waals surface area (Å²) < 4.78 is 64.1. The number of primary amides is 1. The number of pyridine rings is 1. The van der Waals surface area contributed by atoms with Crippen LogP contribution in [0.4, 0.5) is 22.7 Å².